The maximum absolute atomic E-state index is 4.19. The number of rotatable bonds is 5. The summed E-state index contributed by atoms with van der Waals surface area (Å²) in [4.78, 5) is 8.28. The molecule has 0 unspecified atom stereocenters. The molecule has 0 atom stereocenters. The molecule has 4 heteroatoms. The highest BCUT2D eigenvalue weighted by Gasteiger charge is 1.98. The van der Waals surface area contributed by atoms with Gasteiger partial charge in [0, 0.05) is 44.4 Å². The van der Waals surface area contributed by atoms with E-state index in [2.05, 4.69) is 32.8 Å². The summed E-state index contributed by atoms with van der Waals surface area (Å²) in [5, 5.41) is 3.43. The minimum atomic E-state index is 0.891. The first kappa shape index (κ1) is 11.8. The molecule has 17 heavy (non-hydrogen) atoms. The second-order valence-corrected chi connectivity index (χ2v) is 4.15. The largest absolute Gasteiger partial charge is 0.334 e. The molecule has 0 saturated heterocycles. The van der Waals surface area contributed by atoms with Crippen LogP contribution in [0.15, 0.2) is 30.9 Å². The minimum Gasteiger partial charge on any atom is -0.334 e. The standard InChI is InChI=1S/C13H18N4/c1-11-9-14-4-3-13(11)10-15-5-7-17-8-6-16-12(17)2/h3-4,6,8-9,15H,5,7,10H2,1-2H3. The summed E-state index contributed by atoms with van der Waals surface area (Å²) in [5.74, 6) is 1.06. The van der Waals surface area contributed by atoms with Gasteiger partial charge in [0.25, 0.3) is 0 Å². The zero-order valence-electron chi connectivity index (χ0n) is 10.3. The van der Waals surface area contributed by atoms with Gasteiger partial charge in [-0.2, -0.15) is 0 Å². The molecule has 2 aromatic heterocycles. The van der Waals surface area contributed by atoms with Crippen molar-refractivity contribution in [2.24, 2.45) is 0 Å². The number of nitrogens with one attached hydrogen (secondary N) is 1. The van der Waals surface area contributed by atoms with Gasteiger partial charge in [0.2, 0.25) is 0 Å². The van der Waals surface area contributed by atoms with Gasteiger partial charge >= 0.3 is 0 Å². The lowest BCUT2D eigenvalue weighted by atomic mass is 10.1. The third kappa shape index (κ3) is 3.14. The summed E-state index contributed by atoms with van der Waals surface area (Å²) in [6.07, 6.45) is 7.58. The fourth-order valence-corrected chi connectivity index (χ4v) is 1.76. The summed E-state index contributed by atoms with van der Waals surface area (Å²) in [5.41, 5.74) is 2.54. The van der Waals surface area contributed by atoms with Crippen LogP contribution < -0.4 is 5.32 Å². The highest BCUT2D eigenvalue weighted by Crippen LogP contribution is 2.03. The monoisotopic (exact) mass is 230 g/mol. The van der Waals surface area contributed by atoms with Gasteiger partial charge < -0.3 is 9.88 Å². The quantitative estimate of drug-likeness (QED) is 0.795. The van der Waals surface area contributed by atoms with E-state index in [0.29, 0.717) is 0 Å². The number of imidazole rings is 1. The van der Waals surface area contributed by atoms with Crippen molar-refractivity contribution < 1.29 is 0 Å². The fourth-order valence-electron chi connectivity index (χ4n) is 1.76. The van der Waals surface area contributed by atoms with Gasteiger partial charge in [-0.1, -0.05) is 0 Å². The summed E-state index contributed by atoms with van der Waals surface area (Å²) < 4.78 is 2.15. The van der Waals surface area contributed by atoms with Crippen molar-refractivity contribution in [1.82, 2.24) is 19.9 Å². The number of aromatic nitrogens is 3. The van der Waals surface area contributed by atoms with Crippen LogP contribution in [-0.4, -0.2) is 21.1 Å². The van der Waals surface area contributed by atoms with Crippen LogP contribution in [-0.2, 0) is 13.1 Å². The number of aryl methyl sites for hydroxylation is 2. The fraction of sp³-hybridized carbons (Fsp3) is 0.385. The Morgan fingerprint density at radius 2 is 2.18 bits per heavy atom. The molecule has 90 valence electrons. The van der Waals surface area contributed by atoms with Gasteiger partial charge in [-0.3, -0.25) is 4.98 Å². The molecule has 1 N–H and O–H groups in total. The van der Waals surface area contributed by atoms with Crippen molar-refractivity contribution in [1.29, 1.82) is 0 Å². The molecule has 2 heterocycles. The first-order chi connectivity index (χ1) is 8.27. The molecule has 0 radical (unpaired) electrons. The van der Waals surface area contributed by atoms with E-state index in [0.717, 1.165) is 25.5 Å². The second kappa shape index (κ2) is 5.59. The predicted octanol–water partition coefficient (Wildman–Crippen LogP) is 1.68. The van der Waals surface area contributed by atoms with Crippen LogP contribution in [0.1, 0.15) is 17.0 Å². The molecule has 2 aromatic rings. The molecule has 0 amide bonds. The van der Waals surface area contributed by atoms with Crippen molar-refractivity contribution >= 4 is 0 Å². The molecule has 0 aliphatic heterocycles. The lowest BCUT2D eigenvalue weighted by molar-refractivity contribution is 0.586. The number of pyridine rings is 1. The predicted molar refractivity (Wildman–Crippen MR) is 67.6 cm³/mol. The smallest absolute Gasteiger partial charge is 0.105 e. The maximum Gasteiger partial charge on any atom is 0.105 e. The summed E-state index contributed by atoms with van der Waals surface area (Å²) in [6, 6.07) is 2.06. The summed E-state index contributed by atoms with van der Waals surface area (Å²) in [7, 11) is 0. The zero-order valence-corrected chi connectivity index (χ0v) is 10.3. The van der Waals surface area contributed by atoms with E-state index in [4.69, 9.17) is 0 Å². The Morgan fingerprint density at radius 3 is 2.88 bits per heavy atom. The van der Waals surface area contributed by atoms with E-state index >= 15 is 0 Å². The van der Waals surface area contributed by atoms with E-state index in [1.807, 2.05) is 31.7 Å². The maximum atomic E-state index is 4.19. The Morgan fingerprint density at radius 1 is 1.29 bits per heavy atom. The van der Waals surface area contributed by atoms with E-state index in [1.165, 1.54) is 11.1 Å². The van der Waals surface area contributed by atoms with Gasteiger partial charge in [-0.05, 0) is 31.0 Å². The minimum absolute atomic E-state index is 0.891. The molecule has 0 aromatic carbocycles. The Hall–Kier alpha value is -1.68. The van der Waals surface area contributed by atoms with E-state index in [1.54, 1.807) is 0 Å². The van der Waals surface area contributed by atoms with E-state index in [9.17, 15) is 0 Å². The Bertz CT molecular complexity index is 476. The molecule has 0 bridgehead atoms. The Kier molecular flexibility index (Phi) is 3.88. The van der Waals surface area contributed by atoms with Crippen LogP contribution in [0, 0.1) is 13.8 Å². The molecule has 0 saturated carbocycles. The van der Waals surface area contributed by atoms with Crippen LogP contribution in [0.5, 0.6) is 0 Å². The first-order valence-electron chi connectivity index (χ1n) is 5.85. The van der Waals surface area contributed by atoms with Crippen LogP contribution in [0.25, 0.3) is 0 Å². The third-order valence-electron chi connectivity index (χ3n) is 2.91. The van der Waals surface area contributed by atoms with Gasteiger partial charge in [-0.15, -0.1) is 0 Å². The van der Waals surface area contributed by atoms with Crippen LogP contribution in [0.3, 0.4) is 0 Å². The van der Waals surface area contributed by atoms with Crippen molar-refractivity contribution in [3.8, 4) is 0 Å². The zero-order chi connectivity index (χ0) is 12.1. The van der Waals surface area contributed by atoms with Gasteiger partial charge in [0.1, 0.15) is 5.82 Å². The van der Waals surface area contributed by atoms with Gasteiger partial charge in [-0.25, -0.2) is 4.98 Å². The molecule has 2 rings (SSSR count). The summed E-state index contributed by atoms with van der Waals surface area (Å²) in [6.45, 7) is 6.90. The van der Waals surface area contributed by atoms with Crippen molar-refractivity contribution in [3.63, 3.8) is 0 Å². The van der Waals surface area contributed by atoms with Crippen LogP contribution >= 0.6 is 0 Å². The summed E-state index contributed by atoms with van der Waals surface area (Å²) >= 11 is 0. The topological polar surface area (TPSA) is 42.7 Å². The molecular weight excluding hydrogens is 212 g/mol. The molecule has 0 fully saturated rings. The first-order valence-corrected chi connectivity index (χ1v) is 5.85. The van der Waals surface area contributed by atoms with E-state index < -0.39 is 0 Å². The molecule has 4 nitrogen and oxygen atoms in total. The lowest BCUT2D eigenvalue weighted by Crippen LogP contribution is -2.20. The normalized spacial score (nSPS) is 10.7. The van der Waals surface area contributed by atoms with Crippen LogP contribution in [0.2, 0.25) is 0 Å². The molecule has 0 aliphatic carbocycles. The Labute approximate surface area is 102 Å². The highest BCUT2D eigenvalue weighted by molar-refractivity contribution is 5.21. The van der Waals surface area contributed by atoms with E-state index in [-0.39, 0.29) is 0 Å². The number of nitrogens with zero attached hydrogens (tertiary/aromatic N) is 3. The van der Waals surface area contributed by atoms with Crippen molar-refractivity contribution in [3.05, 3.63) is 47.8 Å². The SMILES string of the molecule is Cc1cnccc1CNCCn1ccnc1C. The lowest BCUT2D eigenvalue weighted by Gasteiger charge is -2.08. The van der Waals surface area contributed by atoms with Crippen molar-refractivity contribution in [2.45, 2.75) is 26.9 Å². The Balaban J connectivity index is 1.77. The molecular formula is C13H18N4. The van der Waals surface area contributed by atoms with Gasteiger partial charge in [0.15, 0.2) is 0 Å². The van der Waals surface area contributed by atoms with Crippen molar-refractivity contribution in [2.75, 3.05) is 6.54 Å². The highest BCUT2D eigenvalue weighted by atomic mass is 15.1. The number of hydrogen-bond acceptors (Lipinski definition) is 3. The average molecular weight is 230 g/mol. The van der Waals surface area contributed by atoms with Gasteiger partial charge in [0.05, 0.1) is 0 Å². The average Bonchev–Trinajstić information content (AvgIpc) is 2.73. The second-order valence-electron chi connectivity index (χ2n) is 4.15. The number of hydrogen-bond donors (Lipinski definition) is 1. The molecule has 0 aliphatic rings. The molecule has 0 spiro atoms. The van der Waals surface area contributed by atoms with Crippen LogP contribution in [0.4, 0.5) is 0 Å². The third-order valence-corrected chi connectivity index (χ3v) is 2.91.